The van der Waals surface area contributed by atoms with Gasteiger partial charge in [0.05, 0.1) is 0 Å². The normalized spacial score (nSPS) is 12.2. The van der Waals surface area contributed by atoms with Gasteiger partial charge in [0.25, 0.3) is 0 Å². The molecule has 0 amide bonds. The molecule has 0 spiro atoms. The second-order valence-electron chi connectivity index (χ2n) is 4.08. The number of rotatable bonds is 3. The van der Waals surface area contributed by atoms with Crippen LogP contribution in [0.2, 0.25) is 5.02 Å². The zero-order valence-corrected chi connectivity index (χ0v) is 12.1. The van der Waals surface area contributed by atoms with Crippen LogP contribution in [-0.2, 0) is 0 Å². The molecule has 4 heteroatoms. The molecule has 1 unspecified atom stereocenters. The van der Waals surface area contributed by atoms with Gasteiger partial charge in [-0.2, -0.15) is 0 Å². The van der Waals surface area contributed by atoms with Crippen LogP contribution in [0.15, 0.2) is 46.9 Å². The highest BCUT2D eigenvalue weighted by Crippen LogP contribution is 2.24. The lowest BCUT2D eigenvalue weighted by molar-refractivity contribution is 0.628. The Morgan fingerprint density at radius 2 is 2.00 bits per heavy atom. The SMILES string of the molecule is CC(Nc1cc(F)cc(Cl)c1)c1cccc(Br)c1. The predicted octanol–water partition coefficient (Wildman–Crippen LogP) is 5.41. The smallest absolute Gasteiger partial charge is 0.126 e. The van der Waals surface area contributed by atoms with Gasteiger partial charge in [0.1, 0.15) is 5.82 Å². The van der Waals surface area contributed by atoms with Gasteiger partial charge in [-0.1, -0.05) is 39.7 Å². The van der Waals surface area contributed by atoms with E-state index in [0.29, 0.717) is 10.7 Å². The lowest BCUT2D eigenvalue weighted by atomic mass is 10.1. The molecule has 0 aliphatic carbocycles. The Labute approximate surface area is 119 Å². The third-order valence-electron chi connectivity index (χ3n) is 2.59. The molecule has 0 aromatic heterocycles. The Balaban J connectivity index is 2.18. The van der Waals surface area contributed by atoms with E-state index < -0.39 is 0 Å². The molecule has 2 aromatic carbocycles. The van der Waals surface area contributed by atoms with Crippen LogP contribution in [0.5, 0.6) is 0 Å². The van der Waals surface area contributed by atoms with Crippen LogP contribution in [0, 0.1) is 5.82 Å². The molecule has 0 aliphatic rings. The van der Waals surface area contributed by atoms with Gasteiger partial charge in [-0.15, -0.1) is 0 Å². The second kappa shape index (κ2) is 5.72. The molecule has 0 saturated heterocycles. The van der Waals surface area contributed by atoms with E-state index >= 15 is 0 Å². The fourth-order valence-electron chi connectivity index (χ4n) is 1.75. The van der Waals surface area contributed by atoms with E-state index in [2.05, 4.69) is 21.2 Å². The van der Waals surface area contributed by atoms with Crippen molar-refractivity contribution in [1.29, 1.82) is 0 Å². The van der Waals surface area contributed by atoms with Gasteiger partial charge in [-0.25, -0.2) is 4.39 Å². The molecular formula is C14H12BrClFN. The van der Waals surface area contributed by atoms with E-state index in [1.165, 1.54) is 12.1 Å². The maximum absolute atomic E-state index is 13.2. The van der Waals surface area contributed by atoms with Crippen LogP contribution in [0.1, 0.15) is 18.5 Å². The summed E-state index contributed by atoms with van der Waals surface area (Å²) in [6, 6.07) is 12.5. The van der Waals surface area contributed by atoms with Crippen LogP contribution in [0.25, 0.3) is 0 Å². The maximum Gasteiger partial charge on any atom is 0.126 e. The molecule has 0 saturated carbocycles. The van der Waals surface area contributed by atoms with Gasteiger partial charge in [0.15, 0.2) is 0 Å². The molecule has 0 fully saturated rings. The second-order valence-corrected chi connectivity index (χ2v) is 5.43. The topological polar surface area (TPSA) is 12.0 Å². The van der Waals surface area contributed by atoms with Crippen molar-refractivity contribution >= 4 is 33.2 Å². The Hall–Kier alpha value is -1.06. The number of hydrogen-bond donors (Lipinski definition) is 1. The molecule has 1 N–H and O–H groups in total. The summed E-state index contributed by atoms with van der Waals surface area (Å²) in [6.07, 6.45) is 0. The van der Waals surface area contributed by atoms with Crippen molar-refractivity contribution in [2.45, 2.75) is 13.0 Å². The Kier molecular flexibility index (Phi) is 4.25. The number of anilines is 1. The van der Waals surface area contributed by atoms with E-state index in [4.69, 9.17) is 11.6 Å². The average molecular weight is 329 g/mol. The molecule has 1 nitrogen and oxygen atoms in total. The minimum atomic E-state index is -0.341. The first kappa shape index (κ1) is 13.4. The summed E-state index contributed by atoms with van der Waals surface area (Å²) in [6.45, 7) is 2.01. The van der Waals surface area contributed by atoms with E-state index in [1.807, 2.05) is 31.2 Å². The summed E-state index contributed by atoms with van der Waals surface area (Å²) in [5.41, 5.74) is 1.79. The van der Waals surface area contributed by atoms with Gasteiger partial charge < -0.3 is 5.32 Å². The van der Waals surface area contributed by atoms with Crippen molar-refractivity contribution in [3.05, 3.63) is 63.3 Å². The molecule has 0 heterocycles. The highest BCUT2D eigenvalue weighted by atomic mass is 79.9. The van der Waals surface area contributed by atoms with Crippen molar-refractivity contribution in [3.8, 4) is 0 Å². The summed E-state index contributed by atoms with van der Waals surface area (Å²) >= 11 is 9.25. The maximum atomic E-state index is 13.2. The fraction of sp³-hybridized carbons (Fsp3) is 0.143. The predicted molar refractivity (Wildman–Crippen MR) is 77.6 cm³/mol. The van der Waals surface area contributed by atoms with Gasteiger partial charge >= 0.3 is 0 Å². The van der Waals surface area contributed by atoms with Crippen LogP contribution in [0.4, 0.5) is 10.1 Å². The van der Waals surface area contributed by atoms with E-state index in [-0.39, 0.29) is 11.9 Å². The highest BCUT2D eigenvalue weighted by Gasteiger charge is 2.07. The first-order chi connectivity index (χ1) is 8.54. The van der Waals surface area contributed by atoms with Crippen molar-refractivity contribution in [2.24, 2.45) is 0 Å². The van der Waals surface area contributed by atoms with Gasteiger partial charge in [0.2, 0.25) is 0 Å². The molecule has 2 rings (SSSR count). The summed E-state index contributed by atoms with van der Waals surface area (Å²) in [7, 11) is 0. The quantitative estimate of drug-likeness (QED) is 0.794. The van der Waals surface area contributed by atoms with Crippen molar-refractivity contribution in [1.82, 2.24) is 0 Å². The van der Waals surface area contributed by atoms with Crippen LogP contribution >= 0.6 is 27.5 Å². The minimum absolute atomic E-state index is 0.0698. The minimum Gasteiger partial charge on any atom is -0.378 e. The molecular weight excluding hydrogens is 317 g/mol. The zero-order chi connectivity index (χ0) is 13.1. The summed E-state index contributed by atoms with van der Waals surface area (Å²) in [5, 5.41) is 3.61. The highest BCUT2D eigenvalue weighted by molar-refractivity contribution is 9.10. The Bertz CT molecular complexity index is 539. The molecule has 0 aliphatic heterocycles. The molecule has 94 valence electrons. The van der Waals surface area contributed by atoms with Crippen LogP contribution < -0.4 is 5.32 Å². The fourth-order valence-corrected chi connectivity index (χ4v) is 2.39. The zero-order valence-electron chi connectivity index (χ0n) is 9.75. The standard InChI is InChI=1S/C14H12BrClFN/c1-9(10-3-2-4-11(15)5-10)18-14-7-12(16)6-13(17)8-14/h2-9,18H,1H3. The monoisotopic (exact) mass is 327 g/mol. The molecule has 18 heavy (non-hydrogen) atoms. The van der Waals surface area contributed by atoms with E-state index in [9.17, 15) is 4.39 Å². The van der Waals surface area contributed by atoms with Crippen molar-refractivity contribution in [3.63, 3.8) is 0 Å². The van der Waals surface area contributed by atoms with Crippen molar-refractivity contribution in [2.75, 3.05) is 5.32 Å². The first-order valence-corrected chi connectivity index (χ1v) is 6.70. The van der Waals surface area contributed by atoms with Crippen molar-refractivity contribution < 1.29 is 4.39 Å². The molecule has 1 atom stereocenters. The Morgan fingerprint density at radius 3 is 2.67 bits per heavy atom. The number of halogens is 3. The third kappa shape index (κ3) is 3.47. The average Bonchev–Trinajstić information content (AvgIpc) is 2.27. The lowest BCUT2D eigenvalue weighted by Crippen LogP contribution is -2.06. The van der Waals surface area contributed by atoms with Gasteiger partial charge in [-0.05, 0) is 42.8 Å². The van der Waals surface area contributed by atoms with Gasteiger partial charge in [0, 0.05) is 21.2 Å². The van der Waals surface area contributed by atoms with Gasteiger partial charge in [-0.3, -0.25) is 0 Å². The number of nitrogens with one attached hydrogen (secondary N) is 1. The van der Waals surface area contributed by atoms with E-state index in [0.717, 1.165) is 10.0 Å². The molecule has 0 radical (unpaired) electrons. The number of benzene rings is 2. The van der Waals surface area contributed by atoms with E-state index in [1.54, 1.807) is 6.07 Å². The lowest BCUT2D eigenvalue weighted by Gasteiger charge is -2.16. The summed E-state index contributed by atoms with van der Waals surface area (Å²) in [5.74, 6) is -0.341. The molecule has 0 bridgehead atoms. The third-order valence-corrected chi connectivity index (χ3v) is 3.31. The first-order valence-electron chi connectivity index (χ1n) is 5.53. The summed E-state index contributed by atoms with van der Waals surface area (Å²) in [4.78, 5) is 0. The van der Waals surface area contributed by atoms with Crippen LogP contribution in [-0.4, -0.2) is 0 Å². The largest absolute Gasteiger partial charge is 0.378 e. The van der Waals surface area contributed by atoms with Crippen LogP contribution in [0.3, 0.4) is 0 Å². The Morgan fingerprint density at radius 1 is 1.22 bits per heavy atom. The summed E-state index contributed by atoms with van der Waals surface area (Å²) < 4.78 is 14.2. The molecule has 2 aromatic rings. The number of hydrogen-bond acceptors (Lipinski definition) is 1.